The molecule has 0 aliphatic carbocycles. The van der Waals surface area contributed by atoms with Crippen LogP contribution in [0.15, 0.2) is 34.2 Å². The van der Waals surface area contributed by atoms with Crippen molar-refractivity contribution in [1.29, 1.82) is 0 Å². The van der Waals surface area contributed by atoms with E-state index in [1.54, 1.807) is 14.0 Å². The number of nitrogens with one attached hydrogen (secondary N) is 1. The predicted molar refractivity (Wildman–Crippen MR) is 97.1 cm³/mol. The van der Waals surface area contributed by atoms with E-state index in [0.29, 0.717) is 29.3 Å². The van der Waals surface area contributed by atoms with Crippen molar-refractivity contribution in [3.63, 3.8) is 0 Å². The van der Waals surface area contributed by atoms with Crippen LogP contribution in [0, 0.1) is 0 Å². The Morgan fingerprint density at radius 1 is 1.36 bits per heavy atom. The molecule has 7 nitrogen and oxygen atoms in total. The lowest BCUT2D eigenvalue weighted by Crippen LogP contribution is -2.26. The van der Waals surface area contributed by atoms with E-state index in [-0.39, 0.29) is 11.5 Å². The van der Waals surface area contributed by atoms with Gasteiger partial charge >= 0.3 is 5.97 Å². The van der Waals surface area contributed by atoms with Gasteiger partial charge in [-0.25, -0.2) is 4.98 Å². The molecule has 0 amide bonds. The Morgan fingerprint density at radius 2 is 2.12 bits per heavy atom. The summed E-state index contributed by atoms with van der Waals surface area (Å²) in [5, 5.41) is 0.867. The number of ether oxygens (including phenoxy) is 2. The highest BCUT2D eigenvalue weighted by Crippen LogP contribution is 2.26. The molecule has 0 aliphatic heterocycles. The first-order valence-electron chi connectivity index (χ1n) is 7.81. The van der Waals surface area contributed by atoms with Crippen LogP contribution in [0.25, 0.3) is 21.9 Å². The Balaban J connectivity index is 2.19. The summed E-state index contributed by atoms with van der Waals surface area (Å²) in [5.74, 6) is -0.364. The van der Waals surface area contributed by atoms with Gasteiger partial charge in [0.2, 0.25) is 0 Å². The van der Waals surface area contributed by atoms with Crippen LogP contribution in [0.4, 0.5) is 0 Å². The lowest BCUT2D eigenvalue weighted by atomic mass is 10.2. The van der Waals surface area contributed by atoms with Crippen molar-refractivity contribution in [1.82, 2.24) is 14.5 Å². The maximum absolute atomic E-state index is 13.0. The van der Waals surface area contributed by atoms with Crippen molar-refractivity contribution in [3.05, 3.63) is 34.6 Å². The molecule has 0 spiro atoms. The second kappa shape index (κ2) is 7.28. The smallest absolute Gasteiger partial charge is 0.318 e. The molecule has 8 heteroatoms. The van der Waals surface area contributed by atoms with E-state index in [1.807, 2.05) is 24.3 Å². The highest BCUT2D eigenvalue weighted by atomic mass is 32.2. The van der Waals surface area contributed by atoms with Crippen LogP contribution >= 0.6 is 11.8 Å². The molecule has 1 atom stereocenters. The minimum absolute atomic E-state index is 0.183. The van der Waals surface area contributed by atoms with E-state index < -0.39 is 5.25 Å². The summed E-state index contributed by atoms with van der Waals surface area (Å²) in [4.78, 5) is 32.5. The summed E-state index contributed by atoms with van der Waals surface area (Å²) in [6.45, 7) is 2.44. The summed E-state index contributed by atoms with van der Waals surface area (Å²) in [5.41, 5.74) is 1.72. The molecule has 0 radical (unpaired) electrons. The summed E-state index contributed by atoms with van der Waals surface area (Å²) in [7, 11) is 2.91. The fourth-order valence-electron chi connectivity index (χ4n) is 2.62. The standard InChI is InChI=1S/C17H19N3O4S/c1-10(16(22)24-3)25-17-19-13-11-6-4-5-7-12(11)18-14(13)15(21)20(17)8-9-23-2/h4-7,10,18H,8-9H2,1-3H3. The predicted octanol–water partition coefficient (Wildman–Crippen LogP) is 2.18. The number of hydrogen-bond donors (Lipinski definition) is 1. The molecule has 1 N–H and O–H groups in total. The van der Waals surface area contributed by atoms with Crippen LogP contribution in [-0.2, 0) is 20.8 Å². The zero-order valence-electron chi connectivity index (χ0n) is 14.2. The molecular weight excluding hydrogens is 342 g/mol. The molecule has 0 fully saturated rings. The fraction of sp³-hybridized carbons (Fsp3) is 0.353. The Hall–Kier alpha value is -2.32. The number of carbonyl (C=O) groups is 1. The third-order valence-corrected chi connectivity index (χ3v) is 4.98. The van der Waals surface area contributed by atoms with E-state index in [4.69, 9.17) is 9.47 Å². The number of thioether (sulfide) groups is 1. The first-order chi connectivity index (χ1) is 12.1. The molecule has 0 aliphatic rings. The second-order valence-corrected chi connectivity index (χ2v) is 6.83. The Morgan fingerprint density at radius 3 is 2.84 bits per heavy atom. The number of H-pyrrole nitrogens is 1. The summed E-state index contributed by atoms with van der Waals surface area (Å²) >= 11 is 1.20. The number of carbonyl (C=O) groups excluding carboxylic acids is 1. The van der Waals surface area contributed by atoms with Crippen molar-refractivity contribution in [2.24, 2.45) is 0 Å². The highest BCUT2D eigenvalue weighted by molar-refractivity contribution is 8.00. The van der Waals surface area contributed by atoms with E-state index in [0.717, 1.165) is 10.9 Å². The maximum atomic E-state index is 13.0. The molecule has 1 aromatic carbocycles. The zero-order valence-corrected chi connectivity index (χ0v) is 15.1. The van der Waals surface area contributed by atoms with Gasteiger partial charge in [0.25, 0.3) is 5.56 Å². The number of rotatable bonds is 6. The number of benzene rings is 1. The summed E-state index contributed by atoms with van der Waals surface area (Å²) < 4.78 is 11.4. The van der Waals surface area contributed by atoms with Gasteiger partial charge in [0.05, 0.1) is 20.3 Å². The molecule has 3 rings (SSSR count). The van der Waals surface area contributed by atoms with Gasteiger partial charge in [-0.15, -0.1) is 0 Å². The third kappa shape index (κ3) is 3.27. The first-order valence-corrected chi connectivity index (χ1v) is 8.69. The van der Waals surface area contributed by atoms with Gasteiger partial charge in [-0.3, -0.25) is 14.2 Å². The van der Waals surface area contributed by atoms with Crippen LogP contribution in [-0.4, -0.2) is 46.6 Å². The van der Waals surface area contributed by atoms with Crippen molar-refractivity contribution in [2.45, 2.75) is 23.9 Å². The number of fused-ring (bicyclic) bond motifs is 3. The lowest BCUT2D eigenvalue weighted by Gasteiger charge is -2.14. The molecule has 2 heterocycles. The number of aromatic amines is 1. The lowest BCUT2D eigenvalue weighted by molar-refractivity contribution is -0.139. The van der Waals surface area contributed by atoms with E-state index >= 15 is 0 Å². The van der Waals surface area contributed by atoms with Crippen LogP contribution in [0.5, 0.6) is 0 Å². The van der Waals surface area contributed by atoms with Gasteiger partial charge in [-0.2, -0.15) is 0 Å². The van der Waals surface area contributed by atoms with E-state index in [9.17, 15) is 9.59 Å². The molecular formula is C17H19N3O4S. The van der Waals surface area contributed by atoms with Crippen LogP contribution < -0.4 is 5.56 Å². The number of hydrogen-bond acceptors (Lipinski definition) is 6. The zero-order chi connectivity index (χ0) is 18.0. The largest absolute Gasteiger partial charge is 0.468 e. The van der Waals surface area contributed by atoms with Gasteiger partial charge in [0.15, 0.2) is 5.16 Å². The number of esters is 1. The van der Waals surface area contributed by atoms with Crippen LogP contribution in [0.1, 0.15) is 6.92 Å². The van der Waals surface area contributed by atoms with Crippen molar-refractivity contribution in [3.8, 4) is 0 Å². The topological polar surface area (TPSA) is 86.2 Å². The number of aromatic nitrogens is 3. The second-order valence-electron chi connectivity index (χ2n) is 5.52. The number of nitrogens with zero attached hydrogens (tertiary/aromatic N) is 2. The number of para-hydroxylation sites is 1. The minimum Gasteiger partial charge on any atom is -0.468 e. The molecule has 132 valence electrons. The molecule has 0 saturated heterocycles. The average Bonchev–Trinajstić information content (AvgIpc) is 2.99. The molecule has 25 heavy (non-hydrogen) atoms. The first kappa shape index (κ1) is 17.5. The fourth-order valence-corrected chi connectivity index (χ4v) is 3.57. The average molecular weight is 361 g/mol. The van der Waals surface area contributed by atoms with Gasteiger partial charge < -0.3 is 14.5 Å². The Labute approximate surface area is 148 Å². The van der Waals surface area contributed by atoms with Crippen molar-refractivity contribution < 1.29 is 14.3 Å². The number of methoxy groups -OCH3 is 2. The van der Waals surface area contributed by atoms with Gasteiger partial charge in [-0.1, -0.05) is 30.0 Å². The third-order valence-electron chi connectivity index (χ3n) is 3.91. The SMILES string of the molecule is COCCn1c(SC(C)C(=O)OC)nc2c([nH]c3ccccc32)c1=O. The molecule has 3 aromatic rings. The van der Waals surface area contributed by atoms with Crippen LogP contribution in [0.3, 0.4) is 0 Å². The molecule has 0 saturated carbocycles. The normalized spacial score (nSPS) is 12.6. The Kier molecular flexibility index (Phi) is 5.10. The molecule has 0 bridgehead atoms. The van der Waals surface area contributed by atoms with E-state index in [2.05, 4.69) is 9.97 Å². The van der Waals surface area contributed by atoms with Crippen molar-refractivity contribution >= 4 is 39.7 Å². The molecule has 2 aromatic heterocycles. The monoisotopic (exact) mass is 361 g/mol. The maximum Gasteiger partial charge on any atom is 0.318 e. The highest BCUT2D eigenvalue weighted by Gasteiger charge is 2.21. The molecule has 1 unspecified atom stereocenters. The summed E-state index contributed by atoms with van der Waals surface area (Å²) in [6.07, 6.45) is 0. The van der Waals surface area contributed by atoms with Crippen molar-refractivity contribution in [2.75, 3.05) is 20.8 Å². The van der Waals surface area contributed by atoms with Gasteiger partial charge in [0, 0.05) is 18.0 Å². The van der Waals surface area contributed by atoms with Gasteiger partial charge in [0.1, 0.15) is 16.3 Å². The van der Waals surface area contributed by atoms with Gasteiger partial charge in [-0.05, 0) is 13.0 Å². The summed E-state index contributed by atoms with van der Waals surface area (Å²) in [6, 6.07) is 7.62. The quantitative estimate of drug-likeness (QED) is 0.411. The van der Waals surface area contributed by atoms with Crippen LogP contribution in [0.2, 0.25) is 0 Å². The Bertz CT molecular complexity index is 979. The van der Waals surface area contributed by atoms with E-state index in [1.165, 1.54) is 23.4 Å². The minimum atomic E-state index is -0.478.